The number of nitrogens with one attached hydrogen (secondary N) is 2. The molecule has 2 aliphatic carbocycles. The van der Waals surface area contributed by atoms with Gasteiger partial charge in [0.15, 0.2) is 0 Å². The molecule has 3 unspecified atom stereocenters. The monoisotopic (exact) mass is 580 g/mol. The lowest BCUT2D eigenvalue weighted by Gasteiger charge is -2.41. The number of thioether (sulfide) groups is 1. The summed E-state index contributed by atoms with van der Waals surface area (Å²) in [5.74, 6) is -0.708. The maximum absolute atomic E-state index is 13.3. The lowest BCUT2D eigenvalue weighted by Crippen LogP contribution is -2.48. The molecule has 1 aromatic heterocycles. The van der Waals surface area contributed by atoms with E-state index in [2.05, 4.69) is 22.7 Å². The summed E-state index contributed by atoms with van der Waals surface area (Å²) in [6.45, 7) is 9.05. The Balaban J connectivity index is 1.65. The number of carboxylic acids is 1. The fourth-order valence-electron chi connectivity index (χ4n) is 5.64. The van der Waals surface area contributed by atoms with E-state index in [0.29, 0.717) is 10.8 Å². The Bertz CT molecular complexity index is 1060. The standard InChI is InChI=1S/C28H44N4O7S/c1-15(2)40-23-22(24(34)30-16(3)19-12-17-7-6-8-18(11-17)13-19)39-32-25(23)38-14-28(4,5)27(37)31-20(26(35)36)9-10-21(29)33/h15-20H,6-14H2,1-5H3,(H2,29,33)(H,30,34)(H,31,37)(H,35,36)/t16?,17?,18?,19?,20-/m0/s1. The number of nitrogens with two attached hydrogens (primary N) is 1. The highest BCUT2D eigenvalue weighted by molar-refractivity contribution is 8.00. The Morgan fingerprint density at radius 1 is 1.12 bits per heavy atom. The third-order valence-corrected chi connectivity index (χ3v) is 8.94. The van der Waals surface area contributed by atoms with Crippen molar-refractivity contribution < 1.29 is 33.5 Å². The summed E-state index contributed by atoms with van der Waals surface area (Å²) in [4.78, 5) is 49.2. The van der Waals surface area contributed by atoms with Crippen LogP contribution < -0.4 is 21.1 Å². The van der Waals surface area contributed by atoms with Crippen LogP contribution in [0.1, 0.15) is 96.5 Å². The second-order valence-electron chi connectivity index (χ2n) is 12.2. The molecule has 12 heteroatoms. The van der Waals surface area contributed by atoms with Crippen LogP contribution in [0.2, 0.25) is 0 Å². The lowest BCUT2D eigenvalue weighted by atomic mass is 9.66. The molecule has 4 atom stereocenters. The number of nitrogens with zero attached hydrogens (tertiary/aromatic N) is 1. The van der Waals surface area contributed by atoms with Crippen molar-refractivity contribution in [2.75, 3.05) is 6.61 Å². The first-order valence-corrected chi connectivity index (χ1v) is 15.1. The van der Waals surface area contributed by atoms with Gasteiger partial charge in [-0.2, -0.15) is 0 Å². The van der Waals surface area contributed by atoms with Gasteiger partial charge in [-0.05, 0) is 69.4 Å². The third-order valence-electron chi connectivity index (χ3n) is 7.88. The highest BCUT2D eigenvalue weighted by Gasteiger charge is 2.37. The number of carboxylic acid groups (broad SMARTS) is 1. The number of rotatable bonds is 14. The minimum absolute atomic E-state index is 0.00152. The topological polar surface area (TPSA) is 174 Å². The molecule has 2 fully saturated rings. The van der Waals surface area contributed by atoms with Gasteiger partial charge in [0.2, 0.25) is 17.6 Å². The molecule has 40 heavy (non-hydrogen) atoms. The smallest absolute Gasteiger partial charge is 0.326 e. The number of hydrogen-bond acceptors (Lipinski definition) is 8. The first-order chi connectivity index (χ1) is 18.8. The van der Waals surface area contributed by atoms with Gasteiger partial charge in [-0.3, -0.25) is 14.4 Å². The third kappa shape index (κ3) is 8.62. The second kappa shape index (κ2) is 13.7. The molecule has 2 saturated carbocycles. The van der Waals surface area contributed by atoms with Gasteiger partial charge in [-0.15, -0.1) is 11.8 Å². The molecule has 0 aromatic carbocycles. The molecular weight excluding hydrogens is 536 g/mol. The van der Waals surface area contributed by atoms with Crippen LogP contribution in [0.15, 0.2) is 9.42 Å². The maximum atomic E-state index is 13.3. The summed E-state index contributed by atoms with van der Waals surface area (Å²) in [7, 11) is 0. The number of ether oxygens (including phenoxy) is 1. The van der Waals surface area contributed by atoms with E-state index in [0.717, 1.165) is 24.7 Å². The average molecular weight is 581 g/mol. The fourth-order valence-corrected chi connectivity index (χ4v) is 6.54. The van der Waals surface area contributed by atoms with Gasteiger partial charge in [0.05, 0.1) is 5.41 Å². The number of primary amides is 1. The van der Waals surface area contributed by atoms with Crippen LogP contribution in [0.5, 0.6) is 5.88 Å². The summed E-state index contributed by atoms with van der Waals surface area (Å²) >= 11 is 1.38. The molecule has 1 aromatic rings. The van der Waals surface area contributed by atoms with E-state index < -0.39 is 29.2 Å². The van der Waals surface area contributed by atoms with Crippen molar-refractivity contribution in [2.24, 2.45) is 28.9 Å². The second-order valence-corrected chi connectivity index (χ2v) is 13.8. The van der Waals surface area contributed by atoms with Crippen LogP contribution in [0, 0.1) is 23.2 Å². The Morgan fingerprint density at radius 2 is 1.77 bits per heavy atom. The summed E-state index contributed by atoms with van der Waals surface area (Å²) in [6, 6.07) is -1.26. The number of amides is 3. The van der Waals surface area contributed by atoms with Crippen LogP contribution in [0.25, 0.3) is 0 Å². The van der Waals surface area contributed by atoms with Crippen LogP contribution in [-0.2, 0) is 14.4 Å². The molecule has 3 amide bonds. The summed E-state index contributed by atoms with van der Waals surface area (Å²) in [6.07, 6.45) is 7.17. The highest BCUT2D eigenvalue weighted by Crippen LogP contribution is 2.43. The molecule has 224 valence electrons. The normalized spacial score (nSPS) is 22.3. The van der Waals surface area contributed by atoms with Crippen LogP contribution in [-0.4, -0.2) is 57.9 Å². The fraction of sp³-hybridized carbons (Fsp3) is 0.750. The van der Waals surface area contributed by atoms with Crippen molar-refractivity contribution in [1.29, 1.82) is 0 Å². The summed E-state index contributed by atoms with van der Waals surface area (Å²) in [5.41, 5.74) is 3.96. The molecular formula is C28H44N4O7S. The van der Waals surface area contributed by atoms with Gasteiger partial charge in [-0.25, -0.2) is 4.79 Å². The molecule has 0 saturated heterocycles. The van der Waals surface area contributed by atoms with Gasteiger partial charge in [-0.1, -0.05) is 33.1 Å². The van der Waals surface area contributed by atoms with Crippen LogP contribution >= 0.6 is 11.8 Å². The van der Waals surface area contributed by atoms with E-state index >= 15 is 0 Å². The SMILES string of the molecule is CC(C)Sc1c(OCC(C)(C)C(=O)N[C@@H](CCC(N)=O)C(=O)O)noc1C(=O)NC(C)C1CC2CCCC(C2)C1. The molecule has 3 rings (SSSR count). The number of carbonyl (C=O) groups is 4. The number of aliphatic carboxylic acids is 1. The van der Waals surface area contributed by atoms with Crippen molar-refractivity contribution in [2.45, 2.75) is 108 Å². The largest absolute Gasteiger partial charge is 0.480 e. The summed E-state index contributed by atoms with van der Waals surface area (Å²) in [5, 5.41) is 19.1. The zero-order valence-corrected chi connectivity index (χ0v) is 25.0. The van der Waals surface area contributed by atoms with E-state index in [1.54, 1.807) is 13.8 Å². The van der Waals surface area contributed by atoms with E-state index in [4.69, 9.17) is 15.0 Å². The minimum Gasteiger partial charge on any atom is -0.480 e. The van der Waals surface area contributed by atoms with Crippen molar-refractivity contribution in [3.8, 4) is 5.88 Å². The molecule has 2 bridgehead atoms. The van der Waals surface area contributed by atoms with Gasteiger partial charge in [0, 0.05) is 17.7 Å². The van der Waals surface area contributed by atoms with Gasteiger partial charge < -0.3 is 30.7 Å². The molecule has 5 N–H and O–H groups in total. The quantitative estimate of drug-likeness (QED) is 0.239. The van der Waals surface area contributed by atoms with Crippen molar-refractivity contribution in [1.82, 2.24) is 15.8 Å². The van der Waals surface area contributed by atoms with Crippen molar-refractivity contribution in [3.05, 3.63) is 5.76 Å². The van der Waals surface area contributed by atoms with E-state index in [-0.39, 0.29) is 48.3 Å². The molecule has 0 radical (unpaired) electrons. The Kier molecular flexibility index (Phi) is 10.9. The Hall–Kier alpha value is -2.76. The van der Waals surface area contributed by atoms with E-state index in [1.165, 1.54) is 37.4 Å². The average Bonchev–Trinajstić information content (AvgIpc) is 3.26. The Labute approximate surface area is 240 Å². The molecule has 1 heterocycles. The zero-order chi connectivity index (χ0) is 29.6. The molecule has 2 aliphatic rings. The number of fused-ring (bicyclic) bond motifs is 2. The summed E-state index contributed by atoms with van der Waals surface area (Å²) < 4.78 is 11.3. The van der Waals surface area contributed by atoms with Crippen molar-refractivity contribution in [3.63, 3.8) is 0 Å². The maximum Gasteiger partial charge on any atom is 0.326 e. The number of carbonyl (C=O) groups excluding carboxylic acids is 3. The zero-order valence-electron chi connectivity index (χ0n) is 24.2. The highest BCUT2D eigenvalue weighted by atomic mass is 32.2. The molecule has 11 nitrogen and oxygen atoms in total. The van der Waals surface area contributed by atoms with E-state index in [1.807, 2.05) is 13.8 Å². The Morgan fingerprint density at radius 3 is 2.35 bits per heavy atom. The number of hydrogen-bond donors (Lipinski definition) is 4. The van der Waals surface area contributed by atoms with E-state index in [9.17, 15) is 24.3 Å². The minimum atomic E-state index is -1.26. The number of aromatic nitrogens is 1. The molecule has 0 spiro atoms. The molecule has 0 aliphatic heterocycles. The predicted molar refractivity (Wildman–Crippen MR) is 150 cm³/mol. The van der Waals surface area contributed by atoms with Gasteiger partial charge in [0.1, 0.15) is 17.5 Å². The lowest BCUT2D eigenvalue weighted by molar-refractivity contribution is -0.144. The first kappa shape index (κ1) is 31.8. The van der Waals surface area contributed by atoms with Crippen LogP contribution in [0.3, 0.4) is 0 Å². The predicted octanol–water partition coefficient (Wildman–Crippen LogP) is 3.75. The van der Waals surface area contributed by atoms with Crippen molar-refractivity contribution >= 4 is 35.5 Å². The van der Waals surface area contributed by atoms with Crippen LogP contribution in [0.4, 0.5) is 0 Å². The van der Waals surface area contributed by atoms with Gasteiger partial charge in [0.25, 0.3) is 11.8 Å². The van der Waals surface area contributed by atoms with Gasteiger partial charge >= 0.3 is 5.97 Å². The first-order valence-electron chi connectivity index (χ1n) is 14.2.